The first-order chi connectivity index (χ1) is 9.19. The van der Waals surface area contributed by atoms with Crippen molar-refractivity contribution in [2.75, 3.05) is 6.61 Å². The van der Waals surface area contributed by atoms with Gasteiger partial charge in [0.05, 0.1) is 18.0 Å². The summed E-state index contributed by atoms with van der Waals surface area (Å²) in [6, 6.07) is 3.39. The highest BCUT2D eigenvalue weighted by Gasteiger charge is 2.12. The molecule has 2 heterocycles. The van der Waals surface area contributed by atoms with Crippen molar-refractivity contribution in [3.8, 4) is 0 Å². The molecule has 102 valence electrons. The zero-order chi connectivity index (χ0) is 13.7. The van der Waals surface area contributed by atoms with Crippen molar-refractivity contribution in [3.05, 3.63) is 36.0 Å². The molecule has 2 aromatic rings. The normalized spacial score (nSPS) is 12.3. The van der Waals surface area contributed by atoms with Gasteiger partial charge in [0.25, 0.3) is 0 Å². The number of carbonyl (C=O) groups excluding carboxylic acids is 1. The standard InChI is InChI=1S/C12H16N4O3/c1-9(11-3-2-6-19-11)13-12(18)8-16-7-10(4-5-17)14-15-16/h2-3,6-7,9,17H,4-5,8H2,1H3,(H,13,18). The van der Waals surface area contributed by atoms with Crippen LogP contribution in [0.5, 0.6) is 0 Å². The molecule has 2 aromatic heterocycles. The third-order valence-electron chi connectivity index (χ3n) is 2.61. The number of carbonyl (C=O) groups is 1. The maximum absolute atomic E-state index is 11.8. The minimum absolute atomic E-state index is 0.0143. The van der Waals surface area contributed by atoms with Crippen molar-refractivity contribution in [3.63, 3.8) is 0 Å². The molecule has 2 N–H and O–H groups in total. The van der Waals surface area contributed by atoms with Crippen molar-refractivity contribution in [1.29, 1.82) is 0 Å². The number of hydrogen-bond donors (Lipinski definition) is 2. The lowest BCUT2D eigenvalue weighted by Crippen LogP contribution is -2.30. The van der Waals surface area contributed by atoms with Crippen LogP contribution in [0, 0.1) is 0 Å². The van der Waals surface area contributed by atoms with Gasteiger partial charge in [0, 0.05) is 19.2 Å². The maximum Gasteiger partial charge on any atom is 0.242 e. The van der Waals surface area contributed by atoms with Crippen LogP contribution in [0.1, 0.15) is 24.4 Å². The highest BCUT2D eigenvalue weighted by Crippen LogP contribution is 2.11. The zero-order valence-corrected chi connectivity index (χ0v) is 10.6. The van der Waals surface area contributed by atoms with Crippen molar-refractivity contribution in [2.24, 2.45) is 0 Å². The molecule has 0 aliphatic heterocycles. The summed E-state index contributed by atoms with van der Waals surface area (Å²) in [6.07, 6.45) is 3.65. The Kier molecular flexibility index (Phi) is 4.30. The molecule has 0 aliphatic carbocycles. The number of aliphatic hydroxyl groups is 1. The summed E-state index contributed by atoms with van der Waals surface area (Å²) in [4.78, 5) is 11.8. The van der Waals surface area contributed by atoms with E-state index >= 15 is 0 Å². The van der Waals surface area contributed by atoms with Crippen LogP contribution in [0.15, 0.2) is 29.0 Å². The molecule has 7 nitrogen and oxygen atoms in total. The van der Waals surface area contributed by atoms with Crippen LogP contribution in [0.25, 0.3) is 0 Å². The smallest absolute Gasteiger partial charge is 0.242 e. The predicted octanol–water partition coefficient (Wildman–Crippen LogP) is 0.283. The summed E-state index contributed by atoms with van der Waals surface area (Å²) in [6.45, 7) is 1.94. The molecule has 1 amide bonds. The van der Waals surface area contributed by atoms with Crippen LogP contribution in [-0.2, 0) is 17.8 Å². The first kappa shape index (κ1) is 13.3. The molecular weight excluding hydrogens is 248 g/mol. The fourth-order valence-electron chi connectivity index (χ4n) is 1.69. The third kappa shape index (κ3) is 3.65. The topological polar surface area (TPSA) is 93.2 Å². The van der Waals surface area contributed by atoms with E-state index < -0.39 is 0 Å². The lowest BCUT2D eigenvalue weighted by Gasteiger charge is -2.10. The van der Waals surface area contributed by atoms with Crippen molar-refractivity contribution in [2.45, 2.75) is 25.9 Å². The number of amides is 1. The van der Waals surface area contributed by atoms with Crippen LogP contribution in [-0.4, -0.2) is 32.6 Å². The van der Waals surface area contributed by atoms with Crippen molar-refractivity contribution in [1.82, 2.24) is 20.3 Å². The molecule has 1 unspecified atom stereocenters. The van der Waals surface area contributed by atoms with E-state index in [-0.39, 0.29) is 25.1 Å². The number of nitrogens with one attached hydrogen (secondary N) is 1. The van der Waals surface area contributed by atoms with Crippen LogP contribution in [0.2, 0.25) is 0 Å². The summed E-state index contributed by atoms with van der Waals surface area (Å²) in [5, 5.41) is 19.2. The summed E-state index contributed by atoms with van der Waals surface area (Å²) in [5.41, 5.74) is 0.661. The summed E-state index contributed by atoms with van der Waals surface area (Å²) < 4.78 is 6.64. The molecule has 0 aliphatic rings. The molecule has 7 heteroatoms. The van der Waals surface area contributed by atoms with Gasteiger partial charge in [-0.3, -0.25) is 4.79 Å². The van der Waals surface area contributed by atoms with Gasteiger partial charge < -0.3 is 14.8 Å². The van der Waals surface area contributed by atoms with Crippen molar-refractivity contribution >= 4 is 5.91 Å². The lowest BCUT2D eigenvalue weighted by molar-refractivity contribution is -0.122. The minimum Gasteiger partial charge on any atom is -0.467 e. The monoisotopic (exact) mass is 264 g/mol. The highest BCUT2D eigenvalue weighted by molar-refractivity contribution is 5.76. The van der Waals surface area contributed by atoms with Crippen LogP contribution in [0.3, 0.4) is 0 Å². The van der Waals surface area contributed by atoms with Crippen LogP contribution < -0.4 is 5.32 Å². The first-order valence-electron chi connectivity index (χ1n) is 6.01. The molecule has 0 fully saturated rings. The number of aromatic nitrogens is 3. The largest absolute Gasteiger partial charge is 0.467 e. The second-order valence-corrected chi connectivity index (χ2v) is 4.19. The van der Waals surface area contributed by atoms with Gasteiger partial charge in [0.15, 0.2) is 0 Å². The zero-order valence-electron chi connectivity index (χ0n) is 10.6. The Labute approximate surface area is 110 Å². The van der Waals surface area contributed by atoms with E-state index in [2.05, 4.69) is 15.6 Å². The number of rotatable bonds is 6. The summed E-state index contributed by atoms with van der Waals surface area (Å²) in [5.74, 6) is 0.525. The van der Waals surface area contributed by atoms with Gasteiger partial charge in [-0.15, -0.1) is 5.10 Å². The van der Waals surface area contributed by atoms with E-state index in [1.807, 2.05) is 6.92 Å². The van der Waals surface area contributed by atoms with E-state index in [1.54, 1.807) is 24.6 Å². The Morgan fingerprint density at radius 1 is 1.63 bits per heavy atom. The van der Waals surface area contributed by atoms with Gasteiger partial charge in [-0.2, -0.15) is 0 Å². The maximum atomic E-state index is 11.8. The van der Waals surface area contributed by atoms with Crippen molar-refractivity contribution < 1.29 is 14.3 Å². The molecule has 0 bridgehead atoms. The summed E-state index contributed by atoms with van der Waals surface area (Å²) >= 11 is 0. The number of hydrogen-bond acceptors (Lipinski definition) is 5. The predicted molar refractivity (Wildman–Crippen MR) is 66.1 cm³/mol. The SMILES string of the molecule is CC(NC(=O)Cn1cc(CCO)nn1)c1ccco1. The molecule has 19 heavy (non-hydrogen) atoms. The Hall–Kier alpha value is -2.15. The Bertz CT molecular complexity index is 521. The van der Waals surface area contributed by atoms with E-state index in [1.165, 1.54) is 4.68 Å². The lowest BCUT2D eigenvalue weighted by atomic mass is 10.2. The average Bonchev–Trinajstić information content (AvgIpc) is 3.00. The molecule has 0 aromatic carbocycles. The number of furan rings is 1. The van der Waals surface area contributed by atoms with Gasteiger partial charge in [-0.05, 0) is 19.1 Å². The minimum atomic E-state index is -0.192. The summed E-state index contributed by atoms with van der Waals surface area (Å²) in [7, 11) is 0. The molecule has 0 radical (unpaired) electrons. The van der Waals surface area contributed by atoms with Gasteiger partial charge in [0.2, 0.25) is 5.91 Å². The average molecular weight is 264 g/mol. The van der Waals surface area contributed by atoms with Gasteiger partial charge >= 0.3 is 0 Å². The fourth-order valence-corrected chi connectivity index (χ4v) is 1.69. The Morgan fingerprint density at radius 2 is 2.47 bits per heavy atom. The number of nitrogens with zero attached hydrogens (tertiary/aromatic N) is 3. The number of aliphatic hydroxyl groups excluding tert-OH is 1. The fraction of sp³-hybridized carbons (Fsp3) is 0.417. The molecule has 0 saturated carbocycles. The first-order valence-corrected chi connectivity index (χ1v) is 6.01. The molecule has 1 atom stereocenters. The van der Waals surface area contributed by atoms with Crippen LogP contribution in [0.4, 0.5) is 0 Å². The third-order valence-corrected chi connectivity index (χ3v) is 2.61. The molecule has 0 spiro atoms. The van der Waals surface area contributed by atoms with E-state index in [4.69, 9.17) is 9.52 Å². The van der Waals surface area contributed by atoms with E-state index in [9.17, 15) is 4.79 Å². The quantitative estimate of drug-likeness (QED) is 0.782. The highest BCUT2D eigenvalue weighted by atomic mass is 16.3. The van der Waals surface area contributed by atoms with Crippen LogP contribution >= 0.6 is 0 Å². The van der Waals surface area contributed by atoms with E-state index in [0.29, 0.717) is 17.9 Å². The second kappa shape index (κ2) is 6.14. The Balaban J connectivity index is 1.86. The molecular formula is C12H16N4O3. The Morgan fingerprint density at radius 3 is 3.16 bits per heavy atom. The van der Waals surface area contributed by atoms with Gasteiger partial charge in [-0.25, -0.2) is 4.68 Å². The molecule has 2 rings (SSSR count). The van der Waals surface area contributed by atoms with Gasteiger partial charge in [0.1, 0.15) is 12.3 Å². The molecule has 0 saturated heterocycles. The van der Waals surface area contributed by atoms with Gasteiger partial charge in [-0.1, -0.05) is 5.21 Å². The van der Waals surface area contributed by atoms with E-state index in [0.717, 1.165) is 0 Å². The second-order valence-electron chi connectivity index (χ2n) is 4.19.